The molecule has 1 heterocycles. The van der Waals surface area contributed by atoms with Crippen LogP contribution in [0.1, 0.15) is 38.2 Å². The average Bonchev–Trinajstić information content (AvgIpc) is 3.39. The predicted octanol–water partition coefficient (Wildman–Crippen LogP) is 3.75. The number of halogens is 3. The molecule has 0 bridgehead atoms. The van der Waals surface area contributed by atoms with E-state index < -0.39 is 29.5 Å². The minimum absolute atomic E-state index is 0.439. The molecule has 1 saturated carbocycles. The summed E-state index contributed by atoms with van der Waals surface area (Å²) in [6, 6.07) is 8.39. The second-order valence-corrected chi connectivity index (χ2v) is 7.65. The van der Waals surface area contributed by atoms with E-state index in [0.717, 1.165) is 19.6 Å². The van der Waals surface area contributed by atoms with Gasteiger partial charge in [-0.2, -0.15) is 13.2 Å². The molecule has 1 N–H and O–H groups in total. The molecule has 1 aliphatic carbocycles. The zero-order valence-corrected chi connectivity index (χ0v) is 14.5. The molecule has 0 spiro atoms. The first kappa shape index (κ1) is 18.2. The van der Waals surface area contributed by atoms with Crippen molar-refractivity contribution in [1.29, 1.82) is 0 Å². The molecule has 138 valence electrons. The number of rotatable bonds is 5. The molecule has 1 aliphatic heterocycles. The first-order chi connectivity index (χ1) is 11.8. The Balaban J connectivity index is 1.55. The number of nitrogens with one attached hydrogen (secondary N) is 1. The third kappa shape index (κ3) is 4.54. The van der Waals surface area contributed by atoms with Crippen molar-refractivity contribution < 1.29 is 18.0 Å². The monoisotopic (exact) mass is 354 g/mol. The number of carbonyl (C=O) groups excluding carboxylic acids is 1. The van der Waals surface area contributed by atoms with Gasteiger partial charge in [0, 0.05) is 12.0 Å². The fraction of sp³-hybridized carbons (Fsp3) is 0.632. The van der Waals surface area contributed by atoms with Crippen LogP contribution in [0.5, 0.6) is 0 Å². The van der Waals surface area contributed by atoms with Gasteiger partial charge < -0.3 is 5.32 Å². The summed E-state index contributed by atoms with van der Waals surface area (Å²) >= 11 is 0. The maximum absolute atomic E-state index is 13.1. The van der Waals surface area contributed by atoms with Crippen LogP contribution in [0, 0.1) is 11.3 Å². The van der Waals surface area contributed by atoms with Crippen LogP contribution >= 0.6 is 0 Å². The Bertz CT molecular complexity index is 590. The molecule has 2 aliphatic rings. The summed E-state index contributed by atoms with van der Waals surface area (Å²) in [4.78, 5) is 14.8. The number of likely N-dealkylation sites (tertiary alicyclic amines) is 1. The van der Waals surface area contributed by atoms with Crippen LogP contribution in [-0.2, 0) is 11.3 Å². The first-order valence-corrected chi connectivity index (χ1v) is 8.92. The third-order valence-electron chi connectivity index (χ3n) is 5.49. The number of nitrogens with zero attached hydrogens (tertiary/aromatic N) is 1. The molecule has 1 amide bonds. The zero-order chi connectivity index (χ0) is 18.1. The van der Waals surface area contributed by atoms with Crippen LogP contribution in [0.4, 0.5) is 13.2 Å². The molecule has 1 aromatic rings. The van der Waals surface area contributed by atoms with Gasteiger partial charge in [-0.15, -0.1) is 0 Å². The lowest BCUT2D eigenvalue weighted by Gasteiger charge is -2.39. The van der Waals surface area contributed by atoms with E-state index in [1.54, 1.807) is 6.92 Å². The number of alkyl halides is 3. The Morgan fingerprint density at radius 1 is 1.24 bits per heavy atom. The molecule has 0 aromatic heterocycles. The predicted molar refractivity (Wildman–Crippen MR) is 89.8 cm³/mol. The highest BCUT2D eigenvalue weighted by Crippen LogP contribution is 2.41. The van der Waals surface area contributed by atoms with Gasteiger partial charge in [0.05, 0.1) is 0 Å². The molecule has 1 atom stereocenters. The molecule has 1 aromatic carbocycles. The Morgan fingerprint density at radius 2 is 1.84 bits per heavy atom. The maximum atomic E-state index is 13.1. The Hall–Kier alpha value is -1.56. The molecule has 2 fully saturated rings. The molecule has 3 rings (SSSR count). The number of hydrogen-bond donors (Lipinski definition) is 1. The number of benzene rings is 1. The van der Waals surface area contributed by atoms with E-state index in [1.807, 2.05) is 18.2 Å². The number of piperidine rings is 1. The minimum atomic E-state index is -4.36. The highest BCUT2D eigenvalue weighted by Gasteiger charge is 2.51. The lowest BCUT2D eigenvalue weighted by Crippen LogP contribution is -2.54. The van der Waals surface area contributed by atoms with E-state index in [4.69, 9.17) is 0 Å². The largest absolute Gasteiger partial charge is 0.408 e. The third-order valence-corrected chi connectivity index (χ3v) is 5.49. The second kappa shape index (κ2) is 6.98. The average molecular weight is 354 g/mol. The summed E-state index contributed by atoms with van der Waals surface area (Å²) in [7, 11) is 0. The van der Waals surface area contributed by atoms with Crippen LogP contribution in [0.25, 0.3) is 0 Å². The summed E-state index contributed by atoms with van der Waals surface area (Å²) in [6.07, 6.45) is -2.10. The first-order valence-electron chi connectivity index (χ1n) is 8.92. The topological polar surface area (TPSA) is 32.3 Å². The quantitative estimate of drug-likeness (QED) is 0.874. The van der Waals surface area contributed by atoms with Gasteiger partial charge in [-0.05, 0) is 50.3 Å². The van der Waals surface area contributed by atoms with Crippen LogP contribution in [0.2, 0.25) is 0 Å². The van der Waals surface area contributed by atoms with Crippen LogP contribution in [0.15, 0.2) is 30.3 Å². The van der Waals surface area contributed by atoms with Crippen LogP contribution in [0.3, 0.4) is 0 Å². The van der Waals surface area contributed by atoms with Crippen molar-refractivity contribution in [3.05, 3.63) is 35.9 Å². The summed E-state index contributed by atoms with van der Waals surface area (Å²) in [5.74, 6) is -0.883. The molecule has 1 saturated heterocycles. The van der Waals surface area contributed by atoms with E-state index in [-0.39, 0.29) is 0 Å². The minimum Gasteiger partial charge on any atom is -0.344 e. The fourth-order valence-electron chi connectivity index (χ4n) is 3.49. The molecular formula is C19H25F3N2O. The molecule has 6 heteroatoms. The highest BCUT2D eigenvalue weighted by atomic mass is 19.4. The van der Waals surface area contributed by atoms with E-state index in [2.05, 4.69) is 22.3 Å². The van der Waals surface area contributed by atoms with E-state index in [1.165, 1.54) is 5.56 Å². The van der Waals surface area contributed by atoms with Crippen molar-refractivity contribution in [2.45, 2.75) is 51.4 Å². The van der Waals surface area contributed by atoms with Gasteiger partial charge in [0.1, 0.15) is 6.04 Å². The van der Waals surface area contributed by atoms with Gasteiger partial charge in [0.2, 0.25) is 5.91 Å². The van der Waals surface area contributed by atoms with Gasteiger partial charge in [0.15, 0.2) is 0 Å². The van der Waals surface area contributed by atoms with Crippen molar-refractivity contribution >= 4 is 5.91 Å². The van der Waals surface area contributed by atoms with Crippen molar-refractivity contribution in [1.82, 2.24) is 10.2 Å². The molecule has 25 heavy (non-hydrogen) atoms. The summed E-state index contributed by atoms with van der Waals surface area (Å²) in [5, 5.41) is 2.31. The van der Waals surface area contributed by atoms with E-state index in [0.29, 0.717) is 25.7 Å². The number of hydrogen-bond acceptors (Lipinski definition) is 2. The Morgan fingerprint density at radius 3 is 2.36 bits per heavy atom. The summed E-state index contributed by atoms with van der Waals surface area (Å²) < 4.78 is 39.4. The van der Waals surface area contributed by atoms with Crippen molar-refractivity contribution in [2.75, 3.05) is 13.1 Å². The maximum Gasteiger partial charge on any atom is 0.408 e. The summed E-state index contributed by atoms with van der Waals surface area (Å²) in [5.41, 5.74) is 0.493. The van der Waals surface area contributed by atoms with Gasteiger partial charge >= 0.3 is 6.18 Å². The molecule has 3 nitrogen and oxygen atoms in total. The number of carbonyl (C=O) groups is 1. The highest BCUT2D eigenvalue weighted by molar-refractivity contribution is 5.82. The smallest absolute Gasteiger partial charge is 0.344 e. The van der Waals surface area contributed by atoms with Gasteiger partial charge in [-0.25, -0.2) is 0 Å². The van der Waals surface area contributed by atoms with Crippen molar-refractivity contribution in [3.63, 3.8) is 0 Å². The van der Waals surface area contributed by atoms with Crippen LogP contribution in [-0.4, -0.2) is 36.1 Å². The van der Waals surface area contributed by atoms with Crippen LogP contribution < -0.4 is 5.32 Å². The zero-order valence-electron chi connectivity index (χ0n) is 14.5. The van der Waals surface area contributed by atoms with Crippen molar-refractivity contribution in [3.8, 4) is 0 Å². The number of amides is 1. The Kier molecular flexibility index (Phi) is 5.09. The molecular weight excluding hydrogens is 329 g/mol. The van der Waals surface area contributed by atoms with Crippen molar-refractivity contribution in [2.24, 2.45) is 11.3 Å². The Labute approximate surface area is 146 Å². The molecule has 0 radical (unpaired) electrons. The standard InChI is InChI=1S/C19H25F3N2O/c1-18(17(25)23-16(15-7-8-15)19(20,21)22)9-11-24(12-10-18)13-14-5-3-2-4-6-14/h2-6,15-16H,7-13H2,1H3,(H,23,25). The SMILES string of the molecule is CC1(C(=O)NC(C2CC2)C(F)(F)F)CCN(Cc2ccccc2)CC1. The van der Waals surface area contributed by atoms with E-state index >= 15 is 0 Å². The van der Waals surface area contributed by atoms with Gasteiger partial charge in [-0.1, -0.05) is 37.3 Å². The van der Waals surface area contributed by atoms with Gasteiger partial charge in [-0.3, -0.25) is 9.69 Å². The normalized spacial score (nSPS) is 22.4. The molecule has 1 unspecified atom stereocenters. The lowest BCUT2D eigenvalue weighted by atomic mass is 9.79. The second-order valence-electron chi connectivity index (χ2n) is 7.65. The summed E-state index contributed by atoms with van der Waals surface area (Å²) in [6.45, 7) is 4.05. The van der Waals surface area contributed by atoms with E-state index in [9.17, 15) is 18.0 Å². The van der Waals surface area contributed by atoms with Gasteiger partial charge in [0.25, 0.3) is 0 Å². The lowest BCUT2D eigenvalue weighted by molar-refractivity contribution is -0.169. The fourth-order valence-corrected chi connectivity index (χ4v) is 3.49.